The van der Waals surface area contributed by atoms with Gasteiger partial charge in [-0.3, -0.25) is 19.3 Å². The van der Waals surface area contributed by atoms with E-state index >= 15 is 0 Å². The molecule has 146 valence electrons. The van der Waals surface area contributed by atoms with Crippen LogP contribution in [0.25, 0.3) is 10.7 Å². The highest BCUT2D eigenvalue weighted by atomic mass is 32.1. The number of thiophene rings is 1. The molecule has 2 amide bonds. The number of nitrogens with zero attached hydrogens (tertiary/aromatic N) is 2. The first-order chi connectivity index (χ1) is 13.4. The van der Waals surface area contributed by atoms with Crippen LogP contribution in [0.4, 0.5) is 5.69 Å². The summed E-state index contributed by atoms with van der Waals surface area (Å²) in [5.74, 6) is 0.254. The van der Waals surface area contributed by atoms with Crippen molar-refractivity contribution in [2.75, 3.05) is 5.32 Å². The highest BCUT2D eigenvalue weighted by Gasteiger charge is 2.21. The van der Waals surface area contributed by atoms with Crippen molar-refractivity contribution in [3.63, 3.8) is 0 Å². The summed E-state index contributed by atoms with van der Waals surface area (Å²) in [7, 11) is 0. The van der Waals surface area contributed by atoms with Gasteiger partial charge in [-0.2, -0.15) is 5.10 Å². The number of hydrogen-bond acceptors (Lipinski definition) is 5. The molecule has 1 unspecified atom stereocenters. The fourth-order valence-corrected chi connectivity index (χ4v) is 3.66. The Hall–Kier alpha value is -2.78. The van der Waals surface area contributed by atoms with E-state index in [1.165, 1.54) is 11.3 Å². The SMILES string of the molecule is CC(C)NC(=O)c1ccc(NC(=O)C(C)n2c(-c3cccs3)n[nH]c2=S)cc1. The first-order valence-corrected chi connectivity index (χ1v) is 10.1. The largest absolute Gasteiger partial charge is 0.350 e. The van der Waals surface area contributed by atoms with E-state index in [1.54, 1.807) is 35.8 Å². The number of aromatic amines is 1. The van der Waals surface area contributed by atoms with Gasteiger partial charge in [-0.15, -0.1) is 11.3 Å². The van der Waals surface area contributed by atoms with Gasteiger partial charge in [0, 0.05) is 17.3 Å². The Morgan fingerprint density at radius 2 is 1.89 bits per heavy atom. The summed E-state index contributed by atoms with van der Waals surface area (Å²) in [6.45, 7) is 5.57. The molecule has 0 radical (unpaired) electrons. The van der Waals surface area contributed by atoms with Gasteiger partial charge in [-0.1, -0.05) is 6.07 Å². The van der Waals surface area contributed by atoms with Crippen LogP contribution in [0.15, 0.2) is 41.8 Å². The molecule has 0 saturated carbocycles. The van der Waals surface area contributed by atoms with Crippen LogP contribution >= 0.6 is 23.6 Å². The fraction of sp³-hybridized carbons (Fsp3) is 0.263. The van der Waals surface area contributed by atoms with Crippen LogP contribution in [-0.2, 0) is 4.79 Å². The van der Waals surface area contributed by atoms with Gasteiger partial charge in [0.2, 0.25) is 5.91 Å². The Morgan fingerprint density at radius 1 is 1.18 bits per heavy atom. The topological polar surface area (TPSA) is 91.8 Å². The Balaban J connectivity index is 1.74. The Kier molecular flexibility index (Phi) is 6.05. The second kappa shape index (κ2) is 8.49. The molecule has 2 aromatic heterocycles. The third-order valence-corrected chi connectivity index (χ3v) is 5.20. The van der Waals surface area contributed by atoms with Crippen molar-refractivity contribution in [2.24, 2.45) is 0 Å². The van der Waals surface area contributed by atoms with Crippen molar-refractivity contribution in [1.82, 2.24) is 20.1 Å². The zero-order chi connectivity index (χ0) is 20.3. The second-order valence-corrected chi connectivity index (χ2v) is 7.90. The van der Waals surface area contributed by atoms with E-state index in [0.29, 0.717) is 21.8 Å². The van der Waals surface area contributed by atoms with Crippen molar-refractivity contribution >= 4 is 41.1 Å². The number of carbonyl (C=O) groups is 2. The lowest BCUT2D eigenvalue weighted by molar-refractivity contribution is -0.118. The van der Waals surface area contributed by atoms with Crippen molar-refractivity contribution < 1.29 is 9.59 Å². The minimum Gasteiger partial charge on any atom is -0.350 e. The highest BCUT2D eigenvalue weighted by Crippen LogP contribution is 2.26. The lowest BCUT2D eigenvalue weighted by Crippen LogP contribution is -2.30. The third kappa shape index (κ3) is 4.37. The summed E-state index contributed by atoms with van der Waals surface area (Å²) >= 11 is 6.84. The van der Waals surface area contributed by atoms with Gasteiger partial charge in [-0.25, -0.2) is 0 Å². The molecular weight excluding hydrogens is 394 g/mol. The molecule has 0 spiro atoms. The molecule has 2 heterocycles. The number of rotatable bonds is 6. The fourth-order valence-electron chi connectivity index (χ4n) is 2.66. The van der Waals surface area contributed by atoms with Gasteiger partial charge >= 0.3 is 0 Å². The summed E-state index contributed by atoms with van der Waals surface area (Å²) in [4.78, 5) is 25.7. The summed E-state index contributed by atoms with van der Waals surface area (Å²) < 4.78 is 2.08. The monoisotopic (exact) mass is 415 g/mol. The second-order valence-electron chi connectivity index (χ2n) is 6.57. The molecule has 0 aliphatic carbocycles. The summed E-state index contributed by atoms with van der Waals surface area (Å²) in [5, 5.41) is 14.6. The molecule has 28 heavy (non-hydrogen) atoms. The van der Waals surface area contributed by atoms with Crippen LogP contribution < -0.4 is 10.6 Å². The zero-order valence-corrected chi connectivity index (χ0v) is 17.4. The average molecular weight is 416 g/mol. The van der Waals surface area contributed by atoms with Gasteiger partial charge in [0.1, 0.15) is 6.04 Å². The molecule has 7 nitrogen and oxygen atoms in total. The predicted molar refractivity (Wildman–Crippen MR) is 113 cm³/mol. The van der Waals surface area contributed by atoms with E-state index in [-0.39, 0.29) is 17.9 Å². The van der Waals surface area contributed by atoms with E-state index in [0.717, 1.165) is 4.88 Å². The van der Waals surface area contributed by atoms with Gasteiger partial charge in [0.05, 0.1) is 4.88 Å². The number of anilines is 1. The van der Waals surface area contributed by atoms with E-state index in [2.05, 4.69) is 20.8 Å². The molecule has 0 fully saturated rings. The van der Waals surface area contributed by atoms with Crippen molar-refractivity contribution in [3.8, 4) is 10.7 Å². The quantitative estimate of drug-likeness (QED) is 0.531. The van der Waals surface area contributed by atoms with E-state index < -0.39 is 6.04 Å². The number of carbonyl (C=O) groups excluding carboxylic acids is 2. The summed E-state index contributed by atoms with van der Waals surface area (Å²) in [6.07, 6.45) is 0. The number of nitrogens with one attached hydrogen (secondary N) is 3. The van der Waals surface area contributed by atoms with Crippen LogP contribution in [0.5, 0.6) is 0 Å². The van der Waals surface area contributed by atoms with Crippen LogP contribution in [0.2, 0.25) is 0 Å². The molecule has 1 atom stereocenters. The van der Waals surface area contributed by atoms with Gasteiger partial charge < -0.3 is 10.6 Å². The van der Waals surface area contributed by atoms with Crippen LogP contribution in [0.1, 0.15) is 37.2 Å². The number of aromatic nitrogens is 3. The molecule has 3 rings (SSSR count). The average Bonchev–Trinajstić information content (AvgIpc) is 3.30. The van der Waals surface area contributed by atoms with Crippen molar-refractivity contribution in [2.45, 2.75) is 32.9 Å². The Bertz CT molecular complexity index is 1020. The Labute approximate surface area is 171 Å². The predicted octanol–water partition coefficient (Wildman–Crippen LogP) is 4.01. The smallest absolute Gasteiger partial charge is 0.251 e. The molecular formula is C19H21N5O2S2. The lowest BCUT2D eigenvalue weighted by Gasteiger charge is -2.15. The maximum absolute atomic E-state index is 12.8. The molecule has 3 N–H and O–H groups in total. The van der Waals surface area contributed by atoms with Crippen LogP contribution in [0.3, 0.4) is 0 Å². The maximum atomic E-state index is 12.8. The standard InChI is InChI=1S/C19H21N5O2S2/c1-11(2)20-18(26)13-6-8-14(9-7-13)21-17(25)12(3)24-16(22-23-19(24)27)15-5-4-10-28-15/h4-12H,1-3H3,(H,20,26)(H,21,25)(H,23,27). The molecule has 0 bridgehead atoms. The highest BCUT2D eigenvalue weighted by molar-refractivity contribution is 7.71. The normalized spacial score (nSPS) is 12.0. The van der Waals surface area contributed by atoms with E-state index in [4.69, 9.17) is 12.2 Å². The van der Waals surface area contributed by atoms with E-state index in [9.17, 15) is 9.59 Å². The summed E-state index contributed by atoms with van der Waals surface area (Å²) in [6, 6.07) is 10.1. The Morgan fingerprint density at radius 3 is 2.50 bits per heavy atom. The maximum Gasteiger partial charge on any atom is 0.251 e. The molecule has 0 aliphatic heterocycles. The van der Waals surface area contributed by atoms with E-state index in [1.807, 2.05) is 31.4 Å². The zero-order valence-electron chi connectivity index (χ0n) is 15.7. The lowest BCUT2D eigenvalue weighted by atomic mass is 10.1. The number of H-pyrrole nitrogens is 1. The van der Waals surface area contributed by atoms with Crippen molar-refractivity contribution in [3.05, 3.63) is 52.1 Å². The first kappa shape index (κ1) is 20.0. The van der Waals surface area contributed by atoms with Crippen LogP contribution in [-0.4, -0.2) is 32.6 Å². The minimum absolute atomic E-state index is 0.0600. The number of benzene rings is 1. The van der Waals surface area contributed by atoms with Crippen molar-refractivity contribution in [1.29, 1.82) is 0 Å². The van der Waals surface area contributed by atoms with Gasteiger partial charge in [0.15, 0.2) is 10.6 Å². The third-order valence-electron chi connectivity index (χ3n) is 4.05. The molecule has 0 saturated heterocycles. The minimum atomic E-state index is -0.563. The van der Waals surface area contributed by atoms with Gasteiger partial charge in [-0.05, 0) is 68.7 Å². The molecule has 0 aliphatic rings. The number of hydrogen-bond donors (Lipinski definition) is 3. The number of amides is 2. The van der Waals surface area contributed by atoms with Crippen LogP contribution in [0, 0.1) is 4.77 Å². The first-order valence-electron chi connectivity index (χ1n) is 8.79. The van der Waals surface area contributed by atoms with Gasteiger partial charge in [0.25, 0.3) is 5.91 Å². The molecule has 9 heteroatoms. The molecule has 1 aromatic carbocycles. The summed E-state index contributed by atoms with van der Waals surface area (Å²) in [5.41, 5.74) is 1.14. The molecule has 3 aromatic rings.